The Labute approximate surface area is 223 Å². The molecule has 0 aliphatic rings. The summed E-state index contributed by atoms with van der Waals surface area (Å²) in [6.07, 6.45) is 1.52. The summed E-state index contributed by atoms with van der Waals surface area (Å²) in [5.74, 6) is 0.250. The minimum atomic E-state index is -0.566. The van der Waals surface area contributed by atoms with Crippen LogP contribution in [-0.4, -0.2) is 37.4 Å². The van der Waals surface area contributed by atoms with Crippen molar-refractivity contribution in [3.63, 3.8) is 0 Å². The van der Waals surface area contributed by atoms with Gasteiger partial charge in [-0.3, -0.25) is 4.79 Å². The van der Waals surface area contributed by atoms with E-state index in [0.717, 1.165) is 16.8 Å². The van der Waals surface area contributed by atoms with E-state index in [9.17, 15) is 4.79 Å². The Hall–Kier alpha value is -5.52. The molecular formula is C27H25N9O3. The highest BCUT2D eigenvalue weighted by Crippen LogP contribution is 2.18. The molecule has 3 aromatic carbocycles. The first-order valence-corrected chi connectivity index (χ1v) is 12.0. The number of aryl methyl sites for hydroxylation is 1. The number of hydrazone groups is 1. The molecule has 1 amide bonds. The number of carbonyl (C=O) groups excluding carboxylic acids is 1. The highest BCUT2D eigenvalue weighted by Gasteiger charge is 2.23. The van der Waals surface area contributed by atoms with Crippen molar-refractivity contribution in [3.05, 3.63) is 107 Å². The number of anilines is 2. The monoisotopic (exact) mass is 523 g/mol. The smallest absolute Gasteiger partial charge is 0.293 e. The number of hydrogen-bond acceptors (Lipinski definition) is 10. The molecule has 12 nitrogen and oxygen atoms in total. The molecule has 5 rings (SSSR count). The van der Waals surface area contributed by atoms with Crippen LogP contribution >= 0.6 is 0 Å². The van der Waals surface area contributed by atoms with Gasteiger partial charge in [-0.2, -0.15) is 9.78 Å². The van der Waals surface area contributed by atoms with Crippen molar-refractivity contribution >= 4 is 23.6 Å². The third-order valence-corrected chi connectivity index (χ3v) is 5.63. The van der Waals surface area contributed by atoms with E-state index in [1.54, 1.807) is 0 Å². The second kappa shape index (κ2) is 11.7. The van der Waals surface area contributed by atoms with Crippen LogP contribution in [0.4, 0.5) is 11.5 Å². The molecule has 0 saturated heterocycles. The Kier molecular flexibility index (Phi) is 7.53. The molecule has 196 valence electrons. The Bertz CT molecular complexity index is 1600. The Morgan fingerprint density at radius 2 is 1.92 bits per heavy atom. The van der Waals surface area contributed by atoms with Crippen molar-refractivity contribution in [1.29, 1.82) is 0 Å². The molecule has 0 saturated carbocycles. The van der Waals surface area contributed by atoms with Crippen molar-refractivity contribution in [1.82, 2.24) is 30.7 Å². The van der Waals surface area contributed by atoms with Gasteiger partial charge in [0.1, 0.15) is 12.4 Å². The van der Waals surface area contributed by atoms with Crippen molar-refractivity contribution in [2.45, 2.75) is 20.1 Å². The minimum Gasteiger partial charge on any atom is -0.489 e. The molecule has 0 aliphatic carbocycles. The van der Waals surface area contributed by atoms with Gasteiger partial charge in [-0.25, -0.2) is 10.1 Å². The zero-order valence-electron chi connectivity index (χ0n) is 21.0. The lowest BCUT2D eigenvalue weighted by Crippen LogP contribution is -2.21. The van der Waals surface area contributed by atoms with Gasteiger partial charge in [-0.15, -0.1) is 5.10 Å². The summed E-state index contributed by atoms with van der Waals surface area (Å²) in [6.45, 7) is 2.68. The average molecular weight is 524 g/mol. The van der Waals surface area contributed by atoms with E-state index < -0.39 is 5.91 Å². The van der Waals surface area contributed by atoms with Crippen LogP contribution in [0.2, 0.25) is 0 Å². The van der Waals surface area contributed by atoms with Crippen LogP contribution < -0.4 is 21.2 Å². The first-order chi connectivity index (χ1) is 19.1. The largest absolute Gasteiger partial charge is 0.489 e. The Morgan fingerprint density at radius 3 is 2.72 bits per heavy atom. The first kappa shape index (κ1) is 25.1. The number of aromatic nitrogens is 5. The molecule has 0 fully saturated rings. The van der Waals surface area contributed by atoms with Crippen LogP contribution in [0, 0.1) is 6.92 Å². The van der Waals surface area contributed by atoms with Gasteiger partial charge in [-0.1, -0.05) is 65.4 Å². The van der Waals surface area contributed by atoms with Gasteiger partial charge >= 0.3 is 0 Å². The van der Waals surface area contributed by atoms with Crippen molar-refractivity contribution in [3.8, 4) is 11.6 Å². The summed E-state index contributed by atoms with van der Waals surface area (Å²) in [4.78, 5) is 13.0. The highest BCUT2D eigenvalue weighted by molar-refractivity contribution is 5.94. The maximum absolute atomic E-state index is 13.0. The third kappa shape index (κ3) is 6.25. The molecule has 0 spiro atoms. The summed E-state index contributed by atoms with van der Waals surface area (Å²) in [7, 11) is 0. The lowest BCUT2D eigenvalue weighted by Gasteiger charge is -2.08. The zero-order chi connectivity index (χ0) is 27.0. The Balaban J connectivity index is 1.28. The number of benzene rings is 3. The number of nitrogens with zero attached hydrogens (tertiary/aromatic N) is 6. The number of rotatable bonds is 10. The van der Waals surface area contributed by atoms with E-state index in [0.29, 0.717) is 18.1 Å². The molecule has 0 aliphatic heterocycles. The molecular weight excluding hydrogens is 498 g/mol. The van der Waals surface area contributed by atoms with Gasteiger partial charge in [0.05, 0.1) is 18.5 Å². The van der Waals surface area contributed by atoms with E-state index in [4.69, 9.17) is 15.1 Å². The zero-order valence-corrected chi connectivity index (χ0v) is 21.0. The van der Waals surface area contributed by atoms with Gasteiger partial charge in [-0.05, 0) is 52.6 Å². The molecule has 0 atom stereocenters. The molecule has 0 unspecified atom stereocenters. The highest BCUT2D eigenvalue weighted by atomic mass is 16.6. The molecule has 2 heterocycles. The maximum Gasteiger partial charge on any atom is 0.293 e. The van der Waals surface area contributed by atoms with Crippen molar-refractivity contribution in [2.75, 3.05) is 11.1 Å². The van der Waals surface area contributed by atoms with Crippen molar-refractivity contribution < 1.29 is 14.2 Å². The van der Waals surface area contributed by atoms with Gasteiger partial charge in [0.15, 0.2) is 5.69 Å². The molecule has 0 bridgehead atoms. The second-order valence-electron chi connectivity index (χ2n) is 8.54. The fourth-order valence-corrected chi connectivity index (χ4v) is 3.76. The lowest BCUT2D eigenvalue weighted by molar-refractivity contribution is 0.0949. The fourth-order valence-electron chi connectivity index (χ4n) is 3.76. The van der Waals surface area contributed by atoms with Gasteiger partial charge in [0.2, 0.25) is 11.6 Å². The quantitative estimate of drug-likeness (QED) is 0.184. The van der Waals surface area contributed by atoms with Gasteiger partial charge in [0.25, 0.3) is 5.91 Å². The molecule has 5 aromatic rings. The number of ether oxygens (including phenoxy) is 1. The number of amides is 1. The predicted molar refractivity (Wildman–Crippen MR) is 144 cm³/mol. The third-order valence-electron chi connectivity index (χ3n) is 5.63. The van der Waals surface area contributed by atoms with Crippen LogP contribution in [0.1, 0.15) is 32.9 Å². The van der Waals surface area contributed by atoms with E-state index in [-0.39, 0.29) is 23.9 Å². The fraction of sp³-hybridized carbons (Fsp3) is 0.111. The van der Waals surface area contributed by atoms with Crippen LogP contribution in [0.3, 0.4) is 0 Å². The molecule has 39 heavy (non-hydrogen) atoms. The predicted octanol–water partition coefficient (Wildman–Crippen LogP) is 3.50. The van der Waals surface area contributed by atoms with E-state index in [2.05, 4.69) is 42.5 Å². The number of hydrogen-bond donors (Lipinski definition) is 3. The van der Waals surface area contributed by atoms with Gasteiger partial charge < -0.3 is 15.8 Å². The number of nitrogens with one attached hydrogen (secondary N) is 2. The first-order valence-electron chi connectivity index (χ1n) is 12.0. The Morgan fingerprint density at radius 1 is 1.08 bits per heavy atom. The van der Waals surface area contributed by atoms with Crippen LogP contribution in [0.15, 0.2) is 88.6 Å². The van der Waals surface area contributed by atoms with E-state index in [1.807, 2.05) is 79.7 Å². The topological polar surface area (TPSA) is 158 Å². The summed E-state index contributed by atoms with van der Waals surface area (Å²) < 4.78 is 11.9. The summed E-state index contributed by atoms with van der Waals surface area (Å²) in [5.41, 5.74) is 12.6. The van der Waals surface area contributed by atoms with E-state index >= 15 is 0 Å². The standard InChI is InChI=1S/C27H25N9O3/c1-18-7-5-9-20(13-18)17-38-22-12-6-8-19(14-22)15-30-32-27(37)24-23(16-29-21-10-3-2-4-11-21)36(35-31-24)26-25(28)33-39-34-26/h2-15,29H,16-17H2,1H3,(H2,28,33)(H,32,37)/b30-15-. The number of nitrogen functional groups attached to an aromatic ring is 1. The second-order valence-corrected chi connectivity index (χ2v) is 8.54. The molecule has 4 N–H and O–H groups in total. The van der Waals surface area contributed by atoms with Crippen molar-refractivity contribution in [2.24, 2.45) is 5.10 Å². The minimum absolute atomic E-state index is 0.00957. The lowest BCUT2D eigenvalue weighted by atomic mass is 10.1. The normalized spacial score (nSPS) is 11.0. The number of carbonyl (C=O) groups is 1. The maximum atomic E-state index is 13.0. The number of nitrogens with two attached hydrogens (primary N) is 1. The molecule has 2 aromatic heterocycles. The SMILES string of the molecule is Cc1cccc(COc2cccc(/C=N\NC(=O)c3nnn(-c4nonc4N)c3CNc3ccccc3)c2)c1. The molecule has 12 heteroatoms. The average Bonchev–Trinajstić information content (AvgIpc) is 3.57. The number of para-hydroxylation sites is 1. The van der Waals surface area contributed by atoms with Crippen LogP contribution in [0.5, 0.6) is 5.75 Å². The summed E-state index contributed by atoms with van der Waals surface area (Å²) in [5, 5.41) is 22.7. The molecule has 0 radical (unpaired) electrons. The van der Waals surface area contributed by atoms with Crippen LogP contribution in [0.25, 0.3) is 5.82 Å². The van der Waals surface area contributed by atoms with Gasteiger partial charge in [0, 0.05) is 5.69 Å². The summed E-state index contributed by atoms with van der Waals surface area (Å²) in [6, 6.07) is 25.0. The summed E-state index contributed by atoms with van der Waals surface area (Å²) >= 11 is 0. The van der Waals surface area contributed by atoms with Crippen LogP contribution in [-0.2, 0) is 13.2 Å². The van der Waals surface area contributed by atoms with E-state index in [1.165, 1.54) is 16.5 Å².